The van der Waals surface area contributed by atoms with E-state index in [1.165, 1.54) is 0 Å². The Bertz CT molecular complexity index is 1720. The normalized spacial score (nSPS) is 21.3. The first-order valence-electron chi connectivity index (χ1n) is 15.5. The number of pyridine rings is 1. The molecule has 0 saturated carbocycles. The highest BCUT2D eigenvalue weighted by molar-refractivity contribution is 5.90. The Balaban J connectivity index is 1.19. The fraction of sp³-hybridized carbons (Fsp3) is 0.455. The standard InChI is InChI=1S/C33H40N8O4/c1-6-44-29(42)28-36-25(32(2,3)4)18-26(37-28)38-31(43)35-23-13-14-24(22-11-8-7-10-21(22)23)45-20-12-15-27-39-40-30(41(27)19-20)33(5)16-9-17-34-33/h7-8,10-12,15,18-19,23-24,34H,6,9,13-14,16-17H2,1-5H3,(H2,35,36,37,38,43)/t23-,24+,33?/m0/s1. The summed E-state index contributed by atoms with van der Waals surface area (Å²) in [6, 6.07) is 12.9. The van der Waals surface area contributed by atoms with Crippen LogP contribution in [0.1, 0.15) is 106 Å². The number of esters is 1. The molecule has 236 valence electrons. The number of urea groups is 1. The second-order valence-electron chi connectivity index (χ2n) is 12.9. The fourth-order valence-electron chi connectivity index (χ4n) is 6.08. The lowest BCUT2D eigenvalue weighted by atomic mass is 9.85. The van der Waals surface area contributed by atoms with E-state index in [-0.39, 0.29) is 41.3 Å². The monoisotopic (exact) mass is 612 g/mol. The van der Waals surface area contributed by atoms with Crippen LogP contribution in [0.3, 0.4) is 0 Å². The van der Waals surface area contributed by atoms with Gasteiger partial charge in [0.25, 0.3) is 0 Å². The van der Waals surface area contributed by atoms with Gasteiger partial charge in [-0.1, -0.05) is 45.0 Å². The molecule has 1 fully saturated rings. The third-order valence-electron chi connectivity index (χ3n) is 8.45. The van der Waals surface area contributed by atoms with Crippen molar-refractivity contribution < 1.29 is 19.1 Å². The molecule has 3 atom stereocenters. The van der Waals surface area contributed by atoms with Crippen molar-refractivity contribution in [2.75, 3.05) is 18.5 Å². The lowest BCUT2D eigenvalue weighted by Crippen LogP contribution is -2.36. The largest absolute Gasteiger partial charge is 0.484 e. The first-order chi connectivity index (χ1) is 21.5. The minimum absolute atomic E-state index is 0.0898. The van der Waals surface area contributed by atoms with E-state index in [0.29, 0.717) is 18.5 Å². The number of fused-ring (bicyclic) bond motifs is 2. The van der Waals surface area contributed by atoms with E-state index in [2.05, 4.69) is 43.0 Å². The smallest absolute Gasteiger partial charge is 0.376 e. The quantitative estimate of drug-likeness (QED) is 0.235. The molecule has 1 aliphatic carbocycles. The summed E-state index contributed by atoms with van der Waals surface area (Å²) in [4.78, 5) is 34.3. The average molecular weight is 613 g/mol. The zero-order valence-corrected chi connectivity index (χ0v) is 26.4. The zero-order valence-electron chi connectivity index (χ0n) is 26.4. The first kappa shape index (κ1) is 30.4. The molecule has 1 aromatic carbocycles. The number of rotatable bonds is 7. The number of benzene rings is 1. The van der Waals surface area contributed by atoms with Crippen LogP contribution < -0.4 is 20.7 Å². The van der Waals surface area contributed by atoms with Gasteiger partial charge in [-0.2, -0.15) is 0 Å². The van der Waals surface area contributed by atoms with Crippen LogP contribution >= 0.6 is 0 Å². The molecule has 4 aromatic rings. The number of aromatic nitrogens is 5. The summed E-state index contributed by atoms with van der Waals surface area (Å²) >= 11 is 0. The Morgan fingerprint density at radius 2 is 1.89 bits per heavy atom. The summed E-state index contributed by atoms with van der Waals surface area (Å²) < 4.78 is 13.7. The molecule has 1 unspecified atom stereocenters. The van der Waals surface area contributed by atoms with Gasteiger partial charge < -0.3 is 20.1 Å². The van der Waals surface area contributed by atoms with E-state index in [4.69, 9.17) is 9.47 Å². The Morgan fingerprint density at radius 1 is 1.09 bits per heavy atom. The van der Waals surface area contributed by atoms with E-state index >= 15 is 0 Å². The van der Waals surface area contributed by atoms with Crippen LogP contribution in [0.15, 0.2) is 48.7 Å². The lowest BCUT2D eigenvalue weighted by Gasteiger charge is -2.32. The number of nitrogens with one attached hydrogen (secondary N) is 3. The molecule has 6 rings (SSSR count). The minimum atomic E-state index is -0.636. The van der Waals surface area contributed by atoms with Crippen molar-refractivity contribution >= 4 is 23.5 Å². The maximum atomic E-state index is 13.2. The fourth-order valence-corrected chi connectivity index (χ4v) is 6.08. The summed E-state index contributed by atoms with van der Waals surface area (Å²) in [5, 5.41) is 18.3. The highest BCUT2D eigenvalue weighted by Gasteiger charge is 2.35. The zero-order chi connectivity index (χ0) is 31.8. The highest BCUT2D eigenvalue weighted by atomic mass is 16.5. The molecule has 1 saturated heterocycles. The number of amides is 2. The van der Waals surface area contributed by atoms with Gasteiger partial charge in [0.2, 0.25) is 5.82 Å². The van der Waals surface area contributed by atoms with Gasteiger partial charge in [0.05, 0.1) is 30.1 Å². The molecule has 1 aliphatic heterocycles. The van der Waals surface area contributed by atoms with Crippen LogP contribution in [0.5, 0.6) is 5.75 Å². The lowest BCUT2D eigenvalue weighted by molar-refractivity contribution is 0.0511. The average Bonchev–Trinajstić information content (AvgIpc) is 3.65. The second-order valence-corrected chi connectivity index (χ2v) is 12.9. The Kier molecular flexibility index (Phi) is 8.17. The van der Waals surface area contributed by atoms with Crippen LogP contribution in [0, 0.1) is 0 Å². The molecule has 0 bridgehead atoms. The van der Waals surface area contributed by atoms with Crippen molar-refractivity contribution in [3.8, 4) is 5.75 Å². The van der Waals surface area contributed by atoms with Crippen molar-refractivity contribution in [3.05, 3.63) is 77.1 Å². The molecule has 12 nitrogen and oxygen atoms in total. The SMILES string of the molecule is CCOC(=O)c1nc(NC(=O)N[C@H]2CC[C@@H](Oc3ccc4nnc(C5(C)CCCN5)n4c3)c3ccccc32)cc(C(C)(C)C)n1. The molecule has 0 radical (unpaired) electrons. The number of hydrogen-bond donors (Lipinski definition) is 3. The van der Waals surface area contributed by atoms with E-state index in [9.17, 15) is 9.59 Å². The molecule has 2 aliphatic rings. The van der Waals surface area contributed by atoms with Gasteiger partial charge in [-0.05, 0) is 69.3 Å². The number of anilines is 1. The molecule has 0 spiro atoms. The number of carbonyl (C=O) groups excluding carboxylic acids is 2. The summed E-state index contributed by atoms with van der Waals surface area (Å²) in [6.45, 7) is 11.0. The van der Waals surface area contributed by atoms with Gasteiger partial charge in [-0.3, -0.25) is 9.72 Å². The Hall–Kier alpha value is -4.58. The molecule has 4 heterocycles. The number of nitrogens with zero attached hydrogens (tertiary/aromatic N) is 5. The molecule has 3 N–H and O–H groups in total. The van der Waals surface area contributed by atoms with Gasteiger partial charge in [0.15, 0.2) is 11.5 Å². The predicted molar refractivity (Wildman–Crippen MR) is 168 cm³/mol. The minimum Gasteiger partial charge on any atom is -0.484 e. The van der Waals surface area contributed by atoms with Gasteiger partial charge in [0, 0.05) is 11.5 Å². The number of ether oxygens (including phenoxy) is 2. The van der Waals surface area contributed by atoms with E-state index < -0.39 is 12.0 Å². The topological polar surface area (TPSA) is 145 Å². The molecule has 2 amide bonds. The molecule has 12 heteroatoms. The van der Waals surface area contributed by atoms with Crippen LogP contribution in [-0.4, -0.2) is 49.7 Å². The Morgan fingerprint density at radius 3 is 2.62 bits per heavy atom. The summed E-state index contributed by atoms with van der Waals surface area (Å²) in [5.41, 5.74) is 2.80. The van der Waals surface area contributed by atoms with Gasteiger partial charge >= 0.3 is 12.0 Å². The van der Waals surface area contributed by atoms with E-state index in [1.807, 2.05) is 67.8 Å². The van der Waals surface area contributed by atoms with Crippen molar-refractivity contribution in [2.24, 2.45) is 0 Å². The van der Waals surface area contributed by atoms with Crippen LogP contribution in [0.4, 0.5) is 10.6 Å². The van der Waals surface area contributed by atoms with Crippen molar-refractivity contribution in [2.45, 2.75) is 83.4 Å². The number of carbonyl (C=O) groups is 2. The maximum Gasteiger partial charge on any atom is 0.376 e. The second kappa shape index (κ2) is 12.1. The van der Waals surface area contributed by atoms with Crippen LogP contribution in [0.2, 0.25) is 0 Å². The summed E-state index contributed by atoms with van der Waals surface area (Å²) in [6.07, 6.45) is 5.24. The third kappa shape index (κ3) is 6.32. The van der Waals surface area contributed by atoms with E-state index in [1.54, 1.807) is 13.0 Å². The first-order valence-corrected chi connectivity index (χ1v) is 15.5. The van der Waals surface area contributed by atoms with Crippen molar-refractivity contribution in [1.29, 1.82) is 0 Å². The molecule has 45 heavy (non-hydrogen) atoms. The van der Waals surface area contributed by atoms with Crippen LogP contribution in [0.25, 0.3) is 5.65 Å². The third-order valence-corrected chi connectivity index (χ3v) is 8.45. The number of hydrogen-bond acceptors (Lipinski definition) is 9. The highest BCUT2D eigenvalue weighted by Crippen LogP contribution is 2.39. The van der Waals surface area contributed by atoms with Crippen molar-refractivity contribution in [3.63, 3.8) is 0 Å². The Labute approximate surface area is 262 Å². The van der Waals surface area contributed by atoms with Gasteiger partial charge in [0.1, 0.15) is 17.7 Å². The molecule has 3 aromatic heterocycles. The van der Waals surface area contributed by atoms with Crippen LogP contribution in [-0.2, 0) is 15.7 Å². The summed E-state index contributed by atoms with van der Waals surface area (Å²) in [5.74, 6) is 1.11. The molecular formula is C33H40N8O4. The van der Waals surface area contributed by atoms with E-state index in [0.717, 1.165) is 47.7 Å². The van der Waals surface area contributed by atoms with Crippen molar-refractivity contribution in [1.82, 2.24) is 35.2 Å². The maximum absolute atomic E-state index is 13.2. The van der Waals surface area contributed by atoms with Gasteiger partial charge in [-0.15, -0.1) is 10.2 Å². The molecular weight excluding hydrogens is 572 g/mol. The predicted octanol–water partition coefficient (Wildman–Crippen LogP) is 5.37. The van der Waals surface area contributed by atoms with Gasteiger partial charge in [-0.25, -0.2) is 19.6 Å². The summed E-state index contributed by atoms with van der Waals surface area (Å²) in [7, 11) is 0.